The van der Waals surface area contributed by atoms with Crippen LogP contribution in [0.3, 0.4) is 0 Å². The van der Waals surface area contributed by atoms with Crippen molar-refractivity contribution in [3.63, 3.8) is 0 Å². The van der Waals surface area contributed by atoms with Crippen molar-refractivity contribution in [2.45, 2.75) is 71.3 Å². The van der Waals surface area contributed by atoms with Gasteiger partial charge in [-0.3, -0.25) is 4.79 Å². The highest BCUT2D eigenvalue weighted by atomic mass is 16.1. The molecule has 0 unspecified atom stereocenters. The first-order valence-electron chi connectivity index (χ1n) is 7.72. The Hall–Kier alpha value is -0.570. The molecule has 2 N–H and O–H groups in total. The molecule has 106 valence electrons. The summed E-state index contributed by atoms with van der Waals surface area (Å²) in [6, 6.07) is 0.305. The zero-order valence-electron chi connectivity index (χ0n) is 12.1. The molecule has 1 amide bonds. The highest BCUT2D eigenvalue weighted by Gasteiger charge is 2.11. The van der Waals surface area contributed by atoms with E-state index in [0.29, 0.717) is 12.5 Å². The van der Waals surface area contributed by atoms with Gasteiger partial charge in [-0.25, -0.2) is 0 Å². The van der Waals surface area contributed by atoms with Crippen LogP contribution in [0.2, 0.25) is 0 Å². The van der Waals surface area contributed by atoms with Gasteiger partial charge in [-0.2, -0.15) is 0 Å². The van der Waals surface area contributed by atoms with E-state index in [-0.39, 0.29) is 5.91 Å². The highest BCUT2D eigenvalue weighted by molar-refractivity contribution is 5.76. The minimum absolute atomic E-state index is 0.178. The molecule has 0 aliphatic heterocycles. The van der Waals surface area contributed by atoms with Crippen LogP contribution in [0, 0.1) is 5.92 Å². The van der Waals surface area contributed by atoms with Gasteiger partial charge in [0.2, 0.25) is 5.91 Å². The number of amides is 1. The lowest BCUT2D eigenvalue weighted by molar-refractivity contribution is -0.121. The third-order valence-corrected chi connectivity index (χ3v) is 3.96. The summed E-state index contributed by atoms with van der Waals surface area (Å²) in [5, 5.41) is 6.44. The predicted molar refractivity (Wildman–Crippen MR) is 76.6 cm³/mol. The minimum Gasteiger partial charge on any atom is -0.354 e. The van der Waals surface area contributed by atoms with E-state index >= 15 is 0 Å². The zero-order valence-corrected chi connectivity index (χ0v) is 12.1. The fourth-order valence-corrected chi connectivity index (χ4v) is 2.53. The summed E-state index contributed by atoms with van der Waals surface area (Å²) in [5.41, 5.74) is 0. The van der Waals surface area contributed by atoms with Crippen LogP contribution in [0.15, 0.2) is 0 Å². The molecule has 1 fully saturated rings. The molecule has 1 atom stereocenters. The number of hydrogen-bond acceptors (Lipinski definition) is 2. The molecule has 18 heavy (non-hydrogen) atoms. The number of nitrogens with one attached hydrogen (secondary N) is 2. The van der Waals surface area contributed by atoms with Gasteiger partial charge in [0.1, 0.15) is 0 Å². The van der Waals surface area contributed by atoms with Gasteiger partial charge < -0.3 is 10.6 Å². The molecule has 0 heterocycles. The van der Waals surface area contributed by atoms with Crippen LogP contribution in [-0.2, 0) is 4.79 Å². The van der Waals surface area contributed by atoms with Crippen molar-refractivity contribution in [1.29, 1.82) is 0 Å². The molecular formula is C15H30N2O. The SMILES string of the molecule is CC[C@H](C)NC(=O)CCNCC1CCCCCC1. The Labute approximate surface area is 112 Å². The molecule has 0 radical (unpaired) electrons. The Morgan fingerprint density at radius 1 is 1.22 bits per heavy atom. The van der Waals surface area contributed by atoms with Gasteiger partial charge in [0, 0.05) is 19.0 Å². The lowest BCUT2D eigenvalue weighted by Gasteiger charge is -2.15. The van der Waals surface area contributed by atoms with Gasteiger partial charge >= 0.3 is 0 Å². The molecule has 0 aromatic carbocycles. The Kier molecular flexibility index (Phi) is 8.06. The summed E-state index contributed by atoms with van der Waals surface area (Å²) in [4.78, 5) is 11.6. The van der Waals surface area contributed by atoms with Crippen molar-refractivity contribution in [2.24, 2.45) is 5.92 Å². The van der Waals surface area contributed by atoms with E-state index in [1.54, 1.807) is 0 Å². The second kappa shape index (κ2) is 9.37. The van der Waals surface area contributed by atoms with E-state index in [4.69, 9.17) is 0 Å². The zero-order chi connectivity index (χ0) is 13.2. The van der Waals surface area contributed by atoms with E-state index in [2.05, 4.69) is 24.5 Å². The molecule has 1 aliphatic rings. The Morgan fingerprint density at radius 3 is 2.50 bits per heavy atom. The Morgan fingerprint density at radius 2 is 1.89 bits per heavy atom. The van der Waals surface area contributed by atoms with Gasteiger partial charge in [-0.05, 0) is 38.6 Å². The molecule has 3 nitrogen and oxygen atoms in total. The summed E-state index contributed by atoms with van der Waals surface area (Å²) < 4.78 is 0. The first-order chi connectivity index (χ1) is 8.72. The first-order valence-corrected chi connectivity index (χ1v) is 7.72. The van der Waals surface area contributed by atoms with Crippen molar-refractivity contribution in [3.05, 3.63) is 0 Å². The summed E-state index contributed by atoms with van der Waals surface area (Å²) in [7, 11) is 0. The monoisotopic (exact) mass is 254 g/mol. The van der Waals surface area contributed by atoms with Crippen molar-refractivity contribution in [3.8, 4) is 0 Å². The van der Waals surface area contributed by atoms with Crippen LogP contribution < -0.4 is 10.6 Å². The second-order valence-corrected chi connectivity index (χ2v) is 5.69. The topological polar surface area (TPSA) is 41.1 Å². The van der Waals surface area contributed by atoms with Gasteiger partial charge in [-0.15, -0.1) is 0 Å². The number of rotatable bonds is 7. The quantitative estimate of drug-likeness (QED) is 0.542. The van der Waals surface area contributed by atoms with Gasteiger partial charge in [-0.1, -0.05) is 32.6 Å². The lowest BCUT2D eigenvalue weighted by atomic mass is 10.0. The molecule has 0 saturated heterocycles. The Bertz CT molecular complexity index is 223. The van der Waals surface area contributed by atoms with Crippen molar-refractivity contribution in [1.82, 2.24) is 10.6 Å². The maximum absolute atomic E-state index is 11.6. The van der Waals surface area contributed by atoms with E-state index in [0.717, 1.165) is 25.4 Å². The van der Waals surface area contributed by atoms with Crippen LogP contribution in [0.1, 0.15) is 65.2 Å². The van der Waals surface area contributed by atoms with Crippen LogP contribution >= 0.6 is 0 Å². The molecule has 1 rings (SSSR count). The molecule has 0 aromatic heterocycles. The van der Waals surface area contributed by atoms with Gasteiger partial charge in [0.25, 0.3) is 0 Å². The lowest BCUT2D eigenvalue weighted by Crippen LogP contribution is -2.34. The number of carbonyl (C=O) groups is 1. The molecule has 0 bridgehead atoms. The van der Waals surface area contributed by atoms with Crippen LogP contribution in [0.4, 0.5) is 0 Å². The average Bonchev–Trinajstić information content (AvgIpc) is 2.63. The maximum atomic E-state index is 11.6. The summed E-state index contributed by atoms with van der Waals surface area (Å²) >= 11 is 0. The van der Waals surface area contributed by atoms with Crippen LogP contribution in [0.25, 0.3) is 0 Å². The largest absolute Gasteiger partial charge is 0.354 e. The van der Waals surface area contributed by atoms with Crippen LogP contribution in [-0.4, -0.2) is 25.0 Å². The predicted octanol–water partition coefficient (Wildman–Crippen LogP) is 2.85. The third kappa shape index (κ3) is 7.00. The standard InChI is InChI=1S/C15H30N2O/c1-3-13(2)17-15(18)10-11-16-12-14-8-6-4-5-7-9-14/h13-14,16H,3-12H2,1-2H3,(H,17,18)/t13-/m0/s1. The normalized spacial score (nSPS) is 19.2. The van der Waals surface area contributed by atoms with E-state index < -0.39 is 0 Å². The van der Waals surface area contributed by atoms with E-state index in [1.807, 2.05) is 0 Å². The fraction of sp³-hybridized carbons (Fsp3) is 0.933. The Balaban J connectivity index is 2.01. The summed E-state index contributed by atoms with van der Waals surface area (Å²) in [6.45, 7) is 6.06. The second-order valence-electron chi connectivity index (χ2n) is 5.69. The van der Waals surface area contributed by atoms with E-state index in [9.17, 15) is 4.79 Å². The fourth-order valence-electron chi connectivity index (χ4n) is 2.53. The number of hydrogen-bond donors (Lipinski definition) is 2. The van der Waals surface area contributed by atoms with E-state index in [1.165, 1.54) is 38.5 Å². The molecular weight excluding hydrogens is 224 g/mol. The first kappa shape index (κ1) is 15.5. The van der Waals surface area contributed by atoms with Crippen LogP contribution in [0.5, 0.6) is 0 Å². The molecule has 1 saturated carbocycles. The third-order valence-electron chi connectivity index (χ3n) is 3.96. The highest BCUT2D eigenvalue weighted by Crippen LogP contribution is 2.21. The summed E-state index contributed by atoms with van der Waals surface area (Å²) in [5.74, 6) is 1.02. The molecule has 1 aliphatic carbocycles. The minimum atomic E-state index is 0.178. The van der Waals surface area contributed by atoms with Gasteiger partial charge in [0.05, 0.1) is 0 Å². The molecule has 0 aromatic rings. The van der Waals surface area contributed by atoms with Gasteiger partial charge in [0.15, 0.2) is 0 Å². The average molecular weight is 254 g/mol. The smallest absolute Gasteiger partial charge is 0.221 e. The molecule has 0 spiro atoms. The van der Waals surface area contributed by atoms with Crippen molar-refractivity contribution < 1.29 is 4.79 Å². The molecule has 3 heteroatoms. The maximum Gasteiger partial charge on any atom is 0.221 e. The number of carbonyl (C=O) groups excluding carboxylic acids is 1. The van der Waals surface area contributed by atoms with Crippen molar-refractivity contribution in [2.75, 3.05) is 13.1 Å². The van der Waals surface area contributed by atoms with Crippen molar-refractivity contribution >= 4 is 5.91 Å². The summed E-state index contributed by atoms with van der Waals surface area (Å²) in [6.07, 6.45) is 9.94.